The maximum Gasteiger partial charge on any atom is 0.335 e. The minimum atomic E-state index is -0.994. The van der Waals surface area contributed by atoms with Gasteiger partial charge in [-0.1, -0.05) is 11.6 Å². The average Bonchev–Trinajstić information content (AvgIpc) is 2.36. The van der Waals surface area contributed by atoms with E-state index in [0.29, 0.717) is 10.8 Å². The van der Waals surface area contributed by atoms with E-state index in [9.17, 15) is 4.79 Å². The van der Waals surface area contributed by atoms with Gasteiger partial charge in [-0.25, -0.2) is 9.78 Å². The van der Waals surface area contributed by atoms with Gasteiger partial charge in [-0.3, -0.25) is 0 Å². The Morgan fingerprint density at radius 1 is 1.42 bits per heavy atom. The largest absolute Gasteiger partial charge is 0.478 e. The number of aromatic carboxylic acids is 1. The fourth-order valence-corrected chi connectivity index (χ4v) is 2.23. The van der Waals surface area contributed by atoms with Crippen LogP contribution in [0.4, 0.5) is 11.5 Å². The highest BCUT2D eigenvalue weighted by Crippen LogP contribution is 2.31. The van der Waals surface area contributed by atoms with Crippen molar-refractivity contribution in [2.45, 2.75) is 6.92 Å². The lowest BCUT2D eigenvalue weighted by Gasteiger charge is -2.10. The molecule has 4 nitrogen and oxygen atoms in total. The molecule has 6 heteroatoms. The van der Waals surface area contributed by atoms with Gasteiger partial charge in [0, 0.05) is 15.7 Å². The molecule has 0 radical (unpaired) electrons. The monoisotopic (exact) mass is 340 g/mol. The van der Waals surface area contributed by atoms with Crippen molar-refractivity contribution >= 4 is 45.0 Å². The highest BCUT2D eigenvalue weighted by Gasteiger charge is 2.08. The number of rotatable bonds is 3. The summed E-state index contributed by atoms with van der Waals surface area (Å²) in [5.41, 5.74) is 1.85. The third-order valence-corrected chi connectivity index (χ3v) is 3.58. The summed E-state index contributed by atoms with van der Waals surface area (Å²) in [6.45, 7) is 1.90. The lowest BCUT2D eigenvalue weighted by molar-refractivity contribution is 0.0697. The van der Waals surface area contributed by atoms with Crippen LogP contribution in [-0.4, -0.2) is 16.1 Å². The van der Waals surface area contributed by atoms with Crippen LogP contribution < -0.4 is 5.32 Å². The molecular weight excluding hydrogens is 332 g/mol. The number of halogens is 2. The molecule has 0 aliphatic carbocycles. The SMILES string of the molecule is Cc1cc(Br)c(Nc2cc(C(=O)O)ccn2)cc1Cl. The maximum absolute atomic E-state index is 10.9. The third-order valence-electron chi connectivity index (χ3n) is 2.52. The van der Waals surface area contributed by atoms with E-state index in [2.05, 4.69) is 26.2 Å². The van der Waals surface area contributed by atoms with E-state index >= 15 is 0 Å². The number of carboxylic acid groups (broad SMARTS) is 1. The summed E-state index contributed by atoms with van der Waals surface area (Å²) in [6, 6.07) is 6.54. The second kappa shape index (κ2) is 5.59. The van der Waals surface area contributed by atoms with E-state index in [1.807, 2.05) is 13.0 Å². The Morgan fingerprint density at radius 3 is 2.84 bits per heavy atom. The Balaban J connectivity index is 2.33. The van der Waals surface area contributed by atoms with Crippen LogP contribution >= 0.6 is 27.5 Å². The van der Waals surface area contributed by atoms with Gasteiger partial charge in [0.2, 0.25) is 0 Å². The van der Waals surface area contributed by atoms with Gasteiger partial charge < -0.3 is 10.4 Å². The zero-order chi connectivity index (χ0) is 14.0. The maximum atomic E-state index is 10.9. The Hall–Kier alpha value is -1.59. The molecule has 0 saturated carbocycles. The summed E-state index contributed by atoms with van der Waals surface area (Å²) < 4.78 is 0.830. The summed E-state index contributed by atoms with van der Waals surface area (Å²) in [4.78, 5) is 15.0. The van der Waals surface area contributed by atoms with E-state index in [1.54, 1.807) is 6.07 Å². The molecule has 0 atom stereocenters. The summed E-state index contributed by atoms with van der Waals surface area (Å²) >= 11 is 9.48. The molecule has 1 aromatic heterocycles. The fraction of sp³-hybridized carbons (Fsp3) is 0.0769. The normalized spacial score (nSPS) is 10.3. The van der Waals surface area contributed by atoms with Crippen molar-refractivity contribution in [3.05, 3.63) is 51.1 Å². The van der Waals surface area contributed by atoms with Crippen LogP contribution in [0.25, 0.3) is 0 Å². The van der Waals surface area contributed by atoms with Crippen LogP contribution in [0.1, 0.15) is 15.9 Å². The van der Waals surface area contributed by atoms with Crippen molar-refractivity contribution in [2.75, 3.05) is 5.32 Å². The number of nitrogens with one attached hydrogen (secondary N) is 1. The van der Waals surface area contributed by atoms with Gasteiger partial charge in [0.1, 0.15) is 5.82 Å². The second-order valence-corrected chi connectivity index (χ2v) is 5.20. The van der Waals surface area contributed by atoms with E-state index < -0.39 is 5.97 Å². The molecular formula is C13H10BrClN2O2. The van der Waals surface area contributed by atoms with E-state index in [1.165, 1.54) is 18.3 Å². The average molecular weight is 342 g/mol. The first-order valence-electron chi connectivity index (χ1n) is 5.39. The summed E-state index contributed by atoms with van der Waals surface area (Å²) in [5.74, 6) is -0.549. The zero-order valence-electron chi connectivity index (χ0n) is 9.95. The predicted molar refractivity (Wildman–Crippen MR) is 78.4 cm³/mol. The molecule has 0 aliphatic heterocycles. The van der Waals surface area contributed by atoms with Crippen molar-refractivity contribution in [1.82, 2.24) is 4.98 Å². The first-order chi connectivity index (χ1) is 8.97. The topological polar surface area (TPSA) is 62.2 Å². The minimum Gasteiger partial charge on any atom is -0.478 e. The number of hydrogen-bond acceptors (Lipinski definition) is 3. The molecule has 1 heterocycles. The number of pyridine rings is 1. The summed E-state index contributed by atoms with van der Waals surface area (Å²) in [5, 5.41) is 12.6. The van der Waals surface area contributed by atoms with Crippen LogP contribution in [0.15, 0.2) is 34.9 Å². The molecule has 98 valence electrons. The number of carboxylic acids is 1. The van der Waals surface area contributed by atoms with Crippen molar-refractivity contribution < 1.29 is 9.90 Å². The van der Waals surface area contributed by atoms with Crippen molar-refractivity contribution in [1.29, 1.82) is 0 Å². The molecule has 2 N–H and O–H groups in total. The quantitative estimate of drug-likeness (QED) is 0.876. The smallest absolute Gasteiger partial charge is 0.335 e. The van der Waals surface area contributed by atoms with Crippen LogP contribution in [-0.2, 0) is 0 Å². The number of anilines is 2. The molecule has 0 saturated heterocycles. The van der Waals surface area contributed by atoms with Gasteiger partial charge in [-0.05, 0) is 52.7 Å². The van der Waals surface area contributed by atoms with Gasteiger partial charge in [-0.15, -0.1) is 0 Å². The molecule has 19 heavy (non-hydrogen) atoms. The lowest BCUT2D eigenvalue weighted by Crippen LogP contribution is -2.00. The molecule has 0 unspecified atom stereocenters. The second-order valence-electron chi connectivity index (χ2n) is 3.94. The Labute approximate surface area is 123 Å². The van der Waals surface area contributed by atoms with Crippen LogP contribution in [0.2, 0.25) is 5.02 Å². The first-order valence-corrected chi connectivity index (χ1v) is 6.56. The fourth-order valence-electron chi connectivity index (χ4n) is 1.51. The van der Waals surface area contributed by atoms with Gasteiger partial charge in [0.15, 0.2) is 0 Å². The summed E-state index contributed by atoms with van der Waals surface area (Å²) in [6.07, 6.45) is 1.44. The Kier molecular flexibility index (Phi) is 4.07. The number of nitrogens with zero attached hydrogens (tertiary/aromatic N) is 1. The number of aryl methyl sites for hydroxylation is 1. The third kappa shape index (κ3) is 3.24. The van der Waals surface area contributed by atoms with Gasteiger partial charge in [-0.2, -0.15) is 0 Å². The van der Waals surface area contributed by atoms with Gasteiger partial charge in [0.05, 0.1) is 11.3 Å². The van der Waals surface area contributed by atoms with Crippen LogP contribution in [0.5, 0.6) is 0 Å². The van der Waals surface area contributed by atoms with Crippen molar-refractivity contribution in [2.24, 2.45) is 0 Å². The molecule has 2 rings (SSSR count). The predicted octanol–water partition coefficient (Wildman–Crippen LogP) is 4.25. The number of aromatic nitrogens is 1. The zero-order valence-corrected chi connectivity index (χ0v) is 12.3. The van der Waals surface area contributed by atoms with E-state index in [-0.39, 0.29) is 5.56 Å². The minimum absolute atomic E-state index is 0.173. The number of hydrogen-bond donors (Lipinski definition) is 2. The van der Waals surface area contributed by atoms with E-state index in [0.717, 1.165) is 15.7 Å². The number of benzene rings is 1. The van der Waals surface area contributed by atoms with E-state index in [4.69, 9.17) is 16.7 Å². The first kappa shape index (κ1) is 13.8. The Bertz CT molecular complexity index is 647. The van der Waals surface area contributed by atoms with Gasteiger partial charge in [0.25, 0.3) is 0 Å². The molecule has 0 aliphatic rings. The number of carbonyl (C=O) groups is 1. The molecule has 1 aromatic carbocycles. The molecule has 0 bridgehead atoms. The van der Waals surface area contributed by atoms with Crippen molar-refractivity contribution in [3.63, 3.8) is 0 Å². The highest BCUT2D eigenvalue weighted by molar-refractivity contribution is 9.10. The molecule has 0 fully saturated rings. The van der Waals surface area contributed by atoms with Crippen molar-refractivity contribution in [3.8, 4) is 0 Å². The van der Waals surface area contributed by atoms with Crippen LogP contribution in [0.3, 0.4) is 0 Å². The van der Waals surface area contributed by atoms with Gasteiger partial charge >= 0.3 is 5.97 Å². The highest BCUT2D eigenvalue weighted by atomic mass is 79.9. The molecule has 0 spiro atoms. The summed E-state index contributed by atoms with van der Waals surface area (Å²) in [7, 11) is 0. The molecule has 2 aromatic rings. The Morgan fingerprint density at radius 2 is 2.16 bits per heavy atom. The van der Waals surface area contributed by atoms with Crippen LogP contribution in [0, 0.1) is 6.92 Å². The lowest BCUT2D eigenvalue weighted by atomic mass is 10.2. The standard InChI is InChI=1S/C13H10BrClN2O2/c1-7-4-9(14)11(6-10(7)15)17-12-5-8(13(18)19)2-3-16-12/h2-6H,1H3,(H,16,17)(H,18,19). The molecule has 0 amide bonds.